The van der Waals surface area contributed by atoms with E-state index in [9.17, 15) is 9.18 Å². The van der Waals surface area contributed by atoms with Gasteiger partial charge in [0.15, 0.2) is 0 Å². The normalized spacial score (nSPS) is 15.4. The number of H-pyrrole nitrogens is 1. The average molecular weight is 417 g/mol. The molecule has 1 amide bonds. The van der Waals surface area contributed by atoms with Crippen LogP contribution in [0.25, 0.3) is 11.0 Å². The summed E-state index contributed by atoms with van der Waals surface area (Å²) < 4.78 is 14.5. The summed E-state index contributed by atoms with van der Waals surface area (Å²) in [4.78, 5) is 22.5. The minimum Gasteiger partial charge on any atom is -0.342 e. The zero-order chi connectivity index (χ0) is 18.1. The molecule has 1 aliphatic rings. The van der Waals surface area contributed by atoms with E-state index >= 15 is 0 Å². The van der Waals surface area contributed by atoms with Crippen LogP contribution in [0.1, 0.15) is 12.8 Å². The lowest BCUT2D eigenvalue weighted by Gasteiger charge is -2.31. The number of benzene rings is 2. The van der Waals surface area contributed by atoms with Crippen molar-refractivity contribution in [2.24, 2.45) is 5.92 Å². The first-order valence-electron chi connectivity index (χ1n) is 8.56. The van der Waals surface area contributed by atoms with E-state index in [0.717, 1.165) is 30.1 Å². The number of anilines is 2. The number of aromatic amines is 1. The molecule has 0 aliphatic carbocycles. The molecule has 0 bridgehead atoms. The predicted octanol–water partition coefficient (Wildman–Crippen LogP) is 4.32. The standard InChI is InChI=1S/C19H18BrFN4O/c20-13-5-6-15(14(21)11-13)22-18(26)12-7-9-25(10-8-12)19-23-16-3-1-2-4-17(16)24-19/h1-6,11-12H,7-10H2,(H,22,26)(H,23,24). The van der Waals surface area contributed by atoms with Crippen LogP contribution in [0, 0.1) is 11.7 Å². The number of aromatic nitrogens is 2. The number of piperidine rings is 1. The zero-order valence-electron chi connectivity index (χ0n) is 14.0. The lowest BCUT2D eigenvalue weighted by Crippen LogP contribution is -2.38. The van der Waals surface area contributed by atoms with Gasteiger partial charge in [-0.1, -0.05) is 28.1 Å². The monoisotopic (exact) mass is 416 g/mol. The summed E-state index contributed by atoms with van der Waals surface area (Å²) in [5.74, 6) is 0.144. The molecule has 1 fully saturated rings. The van der Waals surface area contributed by atoms with Crippen LogP contribution in [0.3, 0.4) is 0 Å². The molecule has 1 aliphatic heterocycles. The number of carbonyl (C=O) groups excluding carboxylic acids is 1. The average Bonchev–Trinajstić information content (AvgIpc) is 3.08. The maximum atomic E-state index is 13.9. The van der Waals surface area contributed by atoms with Crippen molar-refractivity contribution >= 4 is 44.5 Å². The topological polar surface area (TPSA) is 61.0 Å². The summed E-state index contributed by atoms with van der Waals surface area (Å²) >= 11 is 3.21. The highest BCUT2D eigenvalue weighted by Gasteiger charge is 2.26. The van der Waals surface area contributed by atoms with Gasteiger partial charge in [0.25, 0.3) is 0 Å². The van der Waals surface area contributed by atoms with E-state index in [1.165, 1.54) is 6.07 Å². The Morgan fingerprint density at radius 2 is 2.00 bits per heavy atom. The van der Waals surface area contributed by atoms with Crippen LogP contribution in [0.4, 0.5) is 16.0 Å². The molecule has 0 unspecified atom stereocenters. The first-order valence-corrected chi connectivity index (χ1v) is 9.35. The second-order valence-electron chi connectivity index (χ2n) is 6.45. The first kappa shape index (κ1) is 17.0. The smallest absolute Gasteiger partial charge is 0.227 e. The molecule has 0 atom stereocenters. The molecule has 26 heavy (non-hydrogen) atoms. The Morgan fingerprint density at radius 1 is 1.23 bits per heavy atom. The maximum Gasteiger partial charge on any atom is 0.227 e. The van der Waals surface area contributed by atoms with Crippen molar-refractivity contribution < 1.29 is 9.18 Å². The zero-order valence-corrected chi connectivity index (χ0v) is 15.6. The van der Waals surface area contributed by atoms with Crippen LogP contribution in [0.5, 0.6) is 0 Å². The van der Waals surface area contributed by atoms with Crippen molar-refractivity contribution in [3.05, 3.63) is 52.8 Å². The summed E-state index contributed by atoms with van der Waals surface area (Å²) in [6.45, 7) is 1.47. The Bertz CT molecular complexity index is 917. The van der Waals surface area contributed by atoms with Gasteiger partial charge < -0.3 is 15.2 Å². The number of halogens is 2. The highest BCUT2D eigenvalue weighted by atomic mass is 79.9. The largest absolute Gasteiger partial charge is 0.342 e. The fourth-order valence-electron chi connectivity index (χ4n) is 3.27. The van der Waals surface area contributed by atoms with Gasteiger partial charge in [0.2, 0.25) is 11.9 Å². The Balaban J connectivity index is 1.39. The Kier molecular flexibility index (Phi) is 4.63. The molecule has 3 aromatic rings. The van der Waals surface area contributed by atoms with Crippen LogP contribution < -0.4 is 10.2 Å². The number of para-hydroxylation sites is 2. The summed E-state index contributed by atoms with van der Waals surface area (Å²) in [6.07, 6.45) is 1.42. The van der Waals surface area contributed by atoms with E-state index in [2.05, 4.69) is 36.1 Å². The SMILES string of the molecule is O=C(Nc1ccc(Br)cc1F)C1CCN(c2nc3ccccc3[nH]2)CC1. The van der Waals surface area contributed by atoms with Crippen molar-refractivity contribution in [1.29, 1.82) is 0 Å². The molecule has 2 heterocycles. The van der Waals surface area contributed by atoms with Crippen molar-refractivity contribution in [2.45, 2.75) is 12.8 Å². The van der Waals surface area contributed by atoms with E-state index < -0.39 is 5.82 Å². The van der Waals surface area contributed by atoms with Crippen LogP contribution in [-0.4, -0.2) is 29.0 Å². The van der Waals surface area contributed by atoms with Crippen LogP contribution in [0.15, 0.2) is 46.9 Å². The minimum atomic E-state index is -0.438. The van der Waals surface area contributed by atoms with Gasteiger partial charge in [-0.2, -0.15) is 0 Å². The van der Waals surface area contributed by atoms with E-state index in [1.807, 2.05) is 24.3 Å². The number of nitrogens with one attached hydrogen (secondary N) is 2. The molecule has 2 aromatic carbocycles. The minimum absolute atomic E-state index is 0.126. The van der Waals surface area contributed by atoms with Gasteiger partial charge in [-0.25, -0.2) is 9.37 Å². The molecule has 134 valence electrons. The summed E-state index contributed by atoms with van der Waals surface area (Å²) in [6, 6.07) is 12.5. The lowest BCUT2D eigenvalue weighted by atomic mass is 9.96. The van der Waals surface area contributed by atoms with Gasteiger partial charge in [0.1, 0.15) is 5.82 Å². The summed E-state index contributed by atoms with van der Waals surface area (Å²) in [5.41, 5.74) is 2.17. The Labute approximate surface area is 158 Å². The fraction of sp³-hybridized carbons (Fsp3) is 0.263. The van der Waals surface area contributed by atoms with Crippen molar-refractivity contribution in [3.63, 3.8) is 0 Å². The second kappa shape index (κ2) is 7.07. The predicted molar refractivity (Wildman–Crippen MR) is 104 cm³/mol. The van der Waals surface area contributed by atoms with Crippen molar-refractivity contribution in [3.8, 4) is 0 Å². The molecule has 0 saturated carbocycles. The van der Waals surface area contributed by atoms with Gasteiger partial charge in [-0.3, -0.25) is 4.79 Å². The molecule has 0 radical (unpaired) electrons. The third kappa shape index (κ3) is 3.44. The number of imidazole rings is 1. The number of hydrogen-bond acceptors (Lipinski definition) is 3. The van der Waals surface area contributed by atoms with Gasteiger partial charge in [-0.05, 0) is 43.2 Å². The number of fused-ring (bicyclic) bond motifs is 1. The van der Waals surface area contributed by atoms with Crippen LogP contribution in [0.2, 0.25) is 0 Å². The second-order valence-corrected chi connectivity index (χ2v) is 7.37. The third-order valence-corrected chi connectivity index (χ3v) is 5.22. The quantitative estimate of drug-likeness (QED) is 0.668. The highest BCUT2D eigenvalue weighted by molar-refractivity contribution is 9.10. The molecular formula is C19H18BrFN4O. The van der Waals surface area contributed by atoms with E-state index in [4.69, 9.17) is 0 Å². The van der Waals surface area contributed by atoms with Crippen LogP contribution in [-0.2, 0) is 4.79 Å². The number of carbonyl (C=O) groups is 1. The number of amides is 1. The van der Waals surface area contributed by atoms with Gasteiger partial charge >= 0.3 is 0 Å². The number of hydrogen-bond donors (Lipinski definition) is 2. The fourth-order valence-corrected chi connectivity index (χ4v) is 3.60. The molecule has 4 rings (SSSR count). The van der Waals surface area contributed by atoms with Gasteiger partial charge in [-0.15, -0.1) is 0 Å². The Morgan fingerprint density at radius 3 is 2.73 bits per heavy atom. The third-order valence-electron chi connectivity index (χ3n) is 4.73. The Hall–Kier alpha value is -2.41. The summed E-state index contributed by atoms with van der Waals surface area (Å²) in [5, 5.41) is 2.71. The molecule has 1 saturated heterocycles. The van der Waals surface area contributed by atoms with Crippen molar-refractivity contribution in [1.82, 2.24) is 9.97 Å². The first-order chi connectivity index (χ1) is 12.6. The van der Waals surface area contributed by atoms with E-state index in [1.54, 1.807) is 12.1 Å². The van der Waals surface area contributed by atoms with Gasteiger partial charge in [0.05, 0.1) is 16.7 Å². The molecule has 2 N–H and O–H groups in total. The molecule has 7 heteroatoms. The highest BCUT2D eigenvalue weighted by Crippen LogP contribution is 2.25. The molecular weight excluding hydrogens is 399 g/mol. The van der Waals surface area contributed by atoms with Gasteiger partial charge in [0, 0.05) is 23.5 Å². The van der Waals surface area contributed by atoms with Crippen molar-refractivity contribution in [2.75, 3.05) is 23.3 Å². The van der Waals surface area contributed by atoms with Crippen LogP contribution >= 0.6 is 15.9 Å². The summed E-state index contributed by atoms with van der Waals surface area (Å²) in [7, 11) is 0. The number of rotatable bonds is 3. The molecule has 1 aromatic heterocycles. The van der Waals surface area contributed by atoms with E-state index in [-0.39, 0.29) is 17.5 Å². The molecule has 0 spiro atoms. The number of nitrogens with zero attached hydrogens (tertiary/aromatic N) is 2. The lowest BCUT2D eigenvalue weighted by molar-refractivity contribution is -0.120. The van der Waals surface area contributed by atoms with E-state index in [0.29, 0.717) is 17.3 Å². The molecule has 5 nitrogen and oxygen atoms in total. The maximum absolute atomic E-state index is 13.9.